The van der Waals surface area contributed by atoms with Gasteiger partial charge in [0.1, 0.15) is 11.4 Å². The van der Waals surface area contributed by atoms with Crippen LogP contribution in [0.5, 0.6) is 0 Å². The van der Waals surface area contributed by atoms with Gasteiger partial charge in [0.25, 0.3) is 5.69 Å². The quantitative estimate of drug-likeness (QED) is 0.350. The van der Waals surface area contributed by atoms with Gasteiger partial charge in [-0.05, 0) is 18.3 Å². The zero-order valence-corrected chi connectivity index (χ0v) is 11.7. The highest BCUT2D eigenvalue weighted by Crippen LogP contribution is 2.31. The Morgan fingerprint density at radius 3 is 2.43 bits per heavy atom. The molecule has 3 rings (SSSR count). The van der Waals surface area contributed by atoms with Gasteiger partial charge < -0.3 is 10.6 Å². The molecule has 0 spiro atoms. The number of nitro benzene ring substituents is 1. The fraction of sp³-hybridized carbons (Fsp3) is 0.100. The molecule has 11 heteroatoms. The second-order valence-corrected chi connectivity index (χ2v) is 5.07. The van der Waals surface area contributed by atoms with E-state index in [1.165, 1.54) is 12.1 Å². The monoisotopic (exact) mass is 323 g/mol. The molecule has 1 aromatic carbocycles. The van der Waals surface area contributed by atoms with Gasteiger partial charge in [-0.1, -0.05) is 0 Å². The van der Waals surface area contributed by atoms with E-state index in [0.29, 0.717) is 0 Å². The number of non-ortho nitro benzene ring substituents is 1. The number of hydrogen-bond acceptors (Lipinski definition) is 8. The van der Waals surface area contributed by atoms with Crippen molar-refractivity contribution in [3.8, 4) is 0 Å². The van der Waals surface area contributed by atoms with Crippen molar-refractivity contribution in [3.63, 3.8) is 0 Å². The molecule has 2 N–H and O–H groups in total. The number of aromatic nitrogens is 2. The number of nitrogens with one attached hydrogen (secondary N) is 2. The zero-order valence-electron chi connectivity index (χ0n) is 10.0. The van der Waals surface area contributed by atoms with E-state index in [0.717, 1.165) is 11.7 Å². The van der Waals surface area contributed by atoms with E-state index in [1.54, 1.807) is 0 Å². The molecule has 2 aromatic rings. The standard InChI is InChI=1S/C10H5N5O4S2/c16-8-5(9(17)12-10(20)11-8)3-1-2-4(15(18)19)7-6(3)13-21-14-7/h1-2,5H,(H2,11,12,16,17,20). The Balaban J connectivity index is 2.18. The van der Waals surface area contributed by atoms with Crippen molar-refractivity contribution in [2.75, 3.05) is 0 Å². The van der Waals surface area contributed by atoms with E-state index in [1.807, 2.05) is 0 Å². The first-order chi connectivity index (χ1) is 9.99. The molecule has 0 bridgehead atoms. The number of amides is 2. The molecule has 2 heterocycles. The minimum atomic E-state index is -1.18. The molecule has 1 aliphatic heterocycles. The maximum atomic E-state index is 12.0. The summed E-state index contributed by atoms with van der Waals surface area (Å²) in [5, 5.41) is 15.5. The SMILES string of the molecule is O=C1NC(=S)NC(=O)C1c1ccc([N+](=O)[O-])c2nsnc12. The van der Waals surface area contributed by atoms with Crippen LogP contribution in [0.1, 0.15) is 11.5 Å². The van der Waals surface area contributed by atoms with Crippen LogP contribution in [0.3, 0.4) is 0 Å². The van der Waals surface area contributed by atoms with E-state index in [2.05, 4.69) is 19.4 Å². The molecule has 0 aliphatic carbocycles. The van der Waals surface area contributed by atoms with E-state index in [-0.39, 0.29) is 27.4 Å². The topological polar surface area (TPSA) is 127 Å². The summed E-state index contributed by atoms with van der Waals surface area (Å²) in [6.07, 6.45) is 0. The second kappa shape index (κ2) is 4.79. The number of hydrogen-bond donors (Lipinski definition) is 2. The maximum absolute atomic E-state index is 12.0. The van der Waals surface area contributed by atoms with Crippen molar-refractivity contribution in [2.24, 2.45) is 0 Å². The lowest BCUT2D eigenvalue weighted by Gasteiger charge is -2.22. The first kappa shape index (κ1) is 13.5. The van der Waals surface area contributed by atoms with Crippen LogP contribution in [0.25, 0.3) is 11.0 Å². The first-order valence-electron chi connectivity index (χ1n) is 5.54. The lowest BCUT2D eigenvalue weighted by Crippen LogP contribution is -2.54. The van der Waals surface area contributed by atoms with Gasteiger partial charge in [-0.25, -0.2) is 0 Å². The van der Waals surface area contributed by atoms with Crippen molar-refractivity contribution >= 4 is 57.6 Å². The van der Waals surface area contributed by atoms with Gasteiger partial charge in [-0.2, -0.15) is 8.75 Å². The van der Waals surface area contributed by atoms with E-state index in [4.69, 9.17) is 12.2 Å². The van der Waals surface area contributed by atoms with Gasteiger partial charge in [0.05, 0.1) is 16.7 Å². The fourth-order valence-electron chi connectivity index (χ4n) is 2.05. The molecule has 1 aromatic heterocycles. The molecular weight excluding hydrogens is 318 g/mol. The molecule has 1 saturated heterocycles. The number of nitro groups is 1. The predicted octanol–water partition coefficient (Wildman–Crippen LogP) is 0.214. The van der Waals surface area contributed by atoms with Crippen LogP contribution in [0.2, 0.25) is 0 Å². The zero-order chi connectivity index (χ0) is 15.1. The number of thiocarbonyl (C=S) groups is 1. The van der Waals surface area contributed by atoms with Crippen molar-refractivity contribution in [3.05, 3.63) is 27.8 Å². The Morgan fingerprint density at radius 2 is 1.81 bits per heavy atom. The molecule has 1 aliphatic rings. The van der Waals surface area contributed by atoms with E-state index >= 15 is 0 Å². The van der Waals surface area contributed by atoms with Crippen LogP contribution in [-0.2, 0) is 9.59 Å². The Morgan fingerprint density at radius 1 is 1.19 bits per heavy atom. The molecule has 1 fully saturated rings. The summed E-state index contributed by atoms with van der Waals surface area (Å²) in [7, 11) is 0. The number of benzene rings is 1. The van der Waals surface area contributed by atoms with Crippen LogP contribution in [0.15, 0.2) is 12.1 Å². The lowest BCUT2D eigenvalue weighted by molar-refractivity contribution is -0.383. The largest absolute Gasteiger partial charge is 0.302 e. The molecule has 2 amide bonds. The second-order valence-electron chi connectivity index (χ2n) is 4.13. The summed E-state index contributed by atoms with van der Waals surface area (Å²) in [6, 6.07) is 2.53. The van der Waals surface area contributed by atoms with Crippen LogP contribution >= 0.6 is 23.9 Å². The minimum Gasteiger partial charge on any atom is -0.302 e. The Labute approximate surface area is 125 Å². The minimum absolute atomic E-state index is 0.0521. The van der Waals surface area contributed by atoms with Gasteiger partial charge in [-0.3, -0.25) is 19.7 Å². The third-order valence-corrected chi connectivity index (χ3v) is 3.66. The van der Waals surface area contributed by atoms with Crippen LogP contribution < -0.4 is 10.6 Å². The smallest absolute Gasteiger partial charge is 0.298 e. The van der Waals surface area contributed by atoms with Gasteiger partial charge in [-0.15, -0.1) is 0 Å². The summed E-state index contributed by atoms with van der Waals surface area (Å²) in [4.78, 5) is 34.3. The number of fused-ring (bicyclic) bond motifs is 1. The lowest BCUT2D eigenvalue weighted by atomic mass is 9.94. The highest BCUT2D eigenvalue weighted by Gasteiger charge is 2.36. The first-order valence-corrected chi connectivity index (χ1v) is 6.68. The van der Waals surface area contributed by atoms with Gasteiger partial charge in [0.2, 0.25) is 11.8 Å². The van der Waals surface area contributed by atoms with Crippen LogP contribution in [0, 0.1) is 10.1 Å². The van der Waals surface area contributed by atoms with Crippen LogP contribution in [0.4, 0.5) is 5.69 Å². The van der Waals surface area contributed by atoms with Gasteiger partial charge in [0.15, 0.2) is 10.6 Å². The highest BCUT2D eigenvalue weighted by atomic mass is 32.1. The van der Waals surface area contributed by atoms with Crippen molar-refractivity contribution in [1.29, 1.82) is 0 Å². The number of nitrogens with zero attached hydrogens (tertiary/aromatic N) is 3. The normalized spacial score (nSPS) is 15.9. The van der Waals surface area contributed by atoms with Crippen molar-refractivity contribution in [2.45, 2.75) is 5.92 Å². The molecule has 0 atom stereocenters. The molecule has 0 unspecified atom stereocenters. The summed E-state index contributed by atoms with van der Waals surface area (Å²) in [6.45, 7) is 0. The molecule has 0 saturated carbocycles. The number of carbonyl (C=O) groups is 2. The number of carbonyl (C=O) groups excluding carboxylic acids is 2. The summed E-state index contributed by atoms with van der Waals surface area (Å²) < 4.78 is 7.82. The Kier molecular flexibility index (Phi) is 3.07. The summed E-state index contributed by atoms with van der Waals surface area (Å²) in [5.74, 6) is -2.39. The fourth-order valence-corrected chi connectivity index (χ4v) is 2.83. The molecule has 21 heavy (non-hydrogen) atoms. The predicted molar refractivity (Wildman–Crippen MR) is 75.7 cm³/mol. The van der Waals surface area contributed by atoms with Crippen molar-refractivity contribution < 1.29 is 14.5 Å². The van der Waals surface area contributed by atoms with E-state index in [9.17, 15) is 19.7 Å². The average Bonchev–Trinajstić information content (AvgIpc) is 2.86. The third-order valence-electron chi connectivity index (χ3n) is 2.93. The Hall–Kier alpha value is -2.53. The molecular formula is C10H5N5O4S2. The highest BCUT2D eigenvalue weighted by molar-refractivity contribution is 7.80. The van der Waals surface area contributed by atoms with Crippen LogP contribution in [-0.4, -0.2) is 30.6 Å². The van der Waals surface area contributed by atoms with Gasteiger partial charge >= 0.3 is 0 Å². The average molecular weight is 323 g/mol. The molecule has 0 radical (unpaired) electrons. The van der Waals surface area contributed by atoms with E-state index < -0.39 is 22.7 Å². The maximum Gasteiger partial charge on any atom is 0.298 e. The Bertz CT molecular complexity index is 797. The third kappa shape index (κ3) is 2.11. The molecule has 106 valence electrons. The molecule has 9 nitrogen and oxygen atoms in total. The summed E-state index contributed by atoms with van der Waals surface area (Å²) in [5.41, 5.74) is 0.241. The van der Waals surface area contributed by atoms with Gasteiger partial charge in [0, 0.05) is 11.6 Å². The summed E-state index contributed by atoms with van der Waals surface area (Å²) >= 11 is 5.49. The number of rotatable bonds is 2. The van der Waals surface area contributed by atoms with Crippen molar-refractivity contribution in [1.82, 2.24) is 19.4 Å².